The van der Waals surface area contributed by atoms with E-state index in [4.69, 9.17) is 0 Å². The Morgan fingerprint density at radius 2 is 2.00 bits per heavy atom. The van der Waals surface area contributed by atoms with Crippen LogP contribution in [0.15, 0.2) is 18.2 Å². The second-order valence-electron chi connectivity index (χ2n) is 6.04. The van der Waals surface area contributed by atoms with Crippen molar-refractivity contribution in [1.82, 2.24) is 10.6 Å². The lowest BCUT2D eigenvalue weighted by Gasteiger charge is -2.29. The third-order valence-corrected chi connectivity index (χ3v) is 4.46. The van der Waals surface area contributed by atoms with E-state index in [1.54, 1.807) is 13.0 Å². The van der Waals surface area contributed by atoms with Crippen molar-refractivity contribution in [3.05, 3.63) is 39.4 Å². The highest BCUT2D eigenvalue weighted by Gasteiger charge is 2.34. The van der Waals surface area contributed by atoms with Gasteiger partial charge in [-0.1, -0.05) is 0 Å². The summed E-state index contributed by atoms with van der Waals surface area (Å²) in [6, 6.07) is 5.75. The Morgan fingerprint density at radius 1 is 1.33 bits per heavy atom. The molecule has 0 spiro atoms. The molecule has 1 amide bonds. The van der Waals surface area contributed by atoms with Gasteiger partial charge in [0, 0.05) is 35.3 Å². The number of benzene rings is 1. The number of aryl methyl sites for hydroxylation is 1. The van der Waals surface area contributed by atoms with E-state index in [1.165, 1.54) is 25.0 Å². The Balaban J connectivity index is 1.68. The van der Waals surface area contributed by atoms with Crippen LogP contribution < -0.4 is 10.6 Å². The average molecular weight is 289 g/mol. The molecule has 2 bridgehead atoms. The lowest BCUT2D eigenvalue weighted by molar-refractivity contribution is -0.385. The predicted octanol–water partition coefficient (Wildman–Crippen LogP) is 1.92. The Hall–Kier alpha value is -1.95. The lowest BCUT2D eigenvalue weighted by atomic mass is 9.99. The minimum atomic E-state index is -0.429. The molecule has 2 aliphatic rings. The second kappa shape index (κ2) is 5.44. The number of piperidine rings is 1. The Kier molecular flexibility index (Phi) is 3.63. The van der Waals surface area contributed by atoms with E-state index in [0.29, 0.717) is 23.2 Å². The van der Waals surface area contributed by atoms with Gasteiger partial charge in [-0.05, 0) is 44.7 Å². The highest BCUT2D eigenvalue weighted by atomic mass is 16.6. The molecule has 6 heteroatoms. The molecule has 0 radical (unpaired) electrons. The topological polar surface area (TPSA) is 84.3 Å². The first kappa shape index (κ1) is 14.0. The summed E-state index contributed by atoms with van der Waals surface area (Å²) < 4.78 is 0. The molecule has 2 N–H and O–H groups in total. The van der Waals surface area contributed by atoms with Crippen LogP contribution in [0.3, 0.4) is 0 Å². The second-order valence-corrected chi connectivity index (χ2v) is 6.04. The zero-order valence-electron chi connectivity index (χ0n) is 12.0. The molecule has 0 aliphatic carbocycles. The van der Waals surface area contributed by atoms with Crippen LogP contribution in [0.25, 0.3) is 0 Å². The monoisotopic (exact) mass is 289 g/mol. The number of nitrogens with one attached hydrogen (secondary N) is 2. The van der Waals surface area contributed by atoms with Crippen molar-refractivity contribution in [1.29, 1.82) is 0 Å². The largest absolute Gasteiger partial charge is 0.349 e. The Morgan fingerprint density at radius 3 is 2.57 bits per heavy atom. The number of hydrogen-bond donors (Lipinski definition) is 2. The fraction of sp³-hybridized carbons (Fsp3) is 0.533. The Bertz CT molecular complexity index is 576. The van der Waals surface area contributed by atoms with Gasteiger partial charge in [0.15, 0.2) is 0 Å². The fourth-order valence-electron chi connectivity index (χ4n) is 3.45. The molecule has 2 heterocycles. The molecule has 2 atom stereocenters. The molecule has 2 fully saturated rings. The molecule has 2 aliphatic heterocycles. The summed E-state index contributed by atoms with van der Waals surface area (Å²) in [4.78, 5) is 22.6. The molecule has 112 valence electrons. The summed E-state index contributed by atoms with van der Waals surface area (Å²) in [6.45, 7) is 1.65. The first-order chi connectivity index (χ1) is 10.0. The number of fused-ring (bicyclic) bond motifs is 2. The lowest BCUT2D eigenvalue weighted by Crippen LogP contribution is -2.48. The van der Waals surface area contributed by atoms with E-state index in [0.717, 1.165) is 12.8 Å². The number of carbonyl (C=O) groups excluding carboxylic acids is 1. The maximum atomic E-state index is 12.3. The van der Waals surface area contributed by atoms with E-state index in [9.17, 15) is 14.9 Å². The number of carbonyl (C=O) groups is 1. The summed E-state index contributed by atoms with van der Waals surface area (Å²) in [5.41, 5.74) is 1.05. The van der Waals surface area contributed by atoms with Gasteiger partial charge < -0.3 is 10.6 Å². The molecule has 6 nitrogen and oxygen atoms in total. The van der Waals surface area contributed by atoms with Crippen LogP contribution in [0.4, 0.5) is 5.69 Å². The molecule has 2 saturated heterocycles. The van der Waals surface area contributed by atoms with Gasteiger partial charge in [0.25, 0.3) is 11.6 Å². The van der Waals surface area contributed by atoms with Crippen LogP contribution in [-0.2, 0) is 0 Å². The van der Waals surface area contributed by atoms with Crippen LogP contribution >= 0.6 is 0 Å². The molecular weight excluding hydrogens is 270 g/mol. The van der Waals surface area contributed by atoms with Crippen molar-refractivity contribution in [2.24, 2.45) is 0 Å². The van der Waals surface area contributed by atoms with Gasteiger partial charge in [0.2, 0.25) is 0 Å². The smallest absolute Gasteiger partial charge is 0.272 e. The number of nitrogens with zero attached hydrogens (tertiary/aromatic N) is 1. The van der Waals surface area contributed by atoms with Crippen LogP contribution in [-0.4, -0.2) is 29.0 Å². The molecular formula is C15H19N3O3. The normalized spacial score (nSPS) is 27.4. The van der Waals surface area contributed by atoms with Crippen LogP contribution in [0.5, 0.6) is 0 Å². The third-order valence-electron chi connectivity index (χ3n) is 4.46. The van der Waals surface area contributed by atoms with Gasteiger partial charge >= 0.3 is 0 Å². The van der Waals surface area contributed by atoms with E-state index < -0.39 is 4.92 Å². The van der Waals surface area contributed by atoms with E-state index in [1.807, 2.05) is 0 Å². The SMILES string of the molecule is Cc1cc(C(=O)NC2CC3CCC(C2)N3)ccc1[N+](=O)[O-]. The van der Waals surface area contributed by atoms with Crippen molar-refractivity contribution in [3.8, 4) is 0 Å². The third kappa shape index (κ3) is 2.90. The van der Waals surface area contributed by atoms with E-state index in [-0.39, 0.29) is 17.6 Å². The maximum Gasteiger partial charge on any atom is 0.272 e. The van der Waals surface area contributed by atoms with Gasteiger partial charge in [0.1, 0.15) is 0 Å². The first-order valence-electron chi connectivity index (χ1n) is 7.35. The van der Waals surface area contributed by atoms with Gasteiger partial charge in [-0.25, -0.2) is 0 Å². The molecule has 1 aromatic rings. The zero-order chi connectivity index (χ0) is 15.0. The molecule has 1 aromatic carbocycles. The number of nitro groups is 1. The first-order valence-corrected chi connectivity index (χ1v) is 7.35. The summed E-state index contributed by atoms with van der Waals surface area (Å²) in [7, 11) is 0. The molecule has 0 aromatic heterocycles. The van der Waals surface area contributed by atoms with Crippen molar-refractivity contribution in [2.45, 2.75) is 50.7 Å². The summed E-state index contributed by atoms with van der Waals surface area (Å²) in [5.74, 6) is -0.140. The molecule has 0 saturated carbocycles. The zero-order valence-corrected chi connectivity index (χ0v) is 12.0. The van der Waals surface area contributed by atoms with Crippen molar-refractivity contribution in [3.63, 3.8) is 0 Å². The van der Waals surface area contributed by atoms with Gasteiger partial charge in [-0.2, -0.15) is 0 Å². The van der Waals surface area contributed by atoms with Crippen LogP contribution in [0, 0.1) is 17.0 Å². The summed E-state index contributed by atoms with van der Waals surface area (Å²) >= 11 is 0. The molecule has 2 unspecified atom stereocenters. The number of nitro benzene ring substituents is 1. The molecule has 3 rings (SSSR count). The summed E-state index contributed by atoms with van der Waals surface area (Å²) in [6.07, 6.45) is 4.31. The maximum absolute atomic E-state index is 12.3. The minimum absolute atomic E-state index is 0.0476. The van der Waals surface area contributed by atoms with E-state index in [2.05, 4.69) is 10.6 Å². The van der Waals surface area contributed by atoms with Crippen molar-refractivity contribution in [2.75, 3.05) is 0 Å². The van der Waals surface area contributed by atoms with Gasteiger partial charge in [-0.3, -0.25) is 14.9 Å². The van der Waals surface area contributed by atoms with Crippen LogP contribution in [0.2, 0.25) is 0 Å². The summed E-state index contributed by atoms with van der Waals surface area (Å²) in [5, 5.41) is 17.4. The number of rotatable bonds is 3. The van der Waals surface area contributed by atoms with Gasteiger partial charge in [0.05, 0.1) is 4.92 Å². The standard InChI is InChI=1S/C15H19N3O3/c1-9-6-10(2-5-14(9)18(20)21)15(19)17-13-7-11-3-4-12(8-13)16-11/h2,5-6,11-13,16H,3-4,7-8H2,1H3,(H,17,19). The number of hydrogen-bond acceptors (Lipinski definition) is 4. The highest BCUT2D eigenvalue weighted by molar-refractivity contribution is 5.94. The highest BCUT2D eigenvalue weighted by Crippen LogP contribution is 2.27. The van der Waals surface area contributed by atoms with Crippen molar-refractivity contribution < 1.29 is 9.72 Å². The quantitative estimate of drug-likeness (QED) is 0.657. The van der Waals surface area contributed by atoms with Crippen LogP contribution in [0.1, 0.15) is 41.6 Å². The van der Waals surface area contributed by atoms with Crippen molar-refractivity contribution >= 4 is 11.6 Å². The number of amides is 1. The fourth-order valence-corrected chi connectivity index (χ4v) is 3.45. The molecule has 21 heavy (non-hydrogen) atoms. The predicted molar refractivity (Wildman–Crippen MR) is 78.3 cm³/mol. The average Bonchev–Trinajstić information content (AvgIpc) is 2.77. The van der Waals surface area contributed by atoms with E-state index >= 15 is 0 Å². The van der Waals surface area contributed by atoms with Gasteiger partial charge in [-0.15, -0.1) is 0 Å². The Labute approximate surface area is 123 Å². The minimum Gasteiger partial charge on any atom is -0.349 e.